The molecule has 6 heteroatoms. The van der Waals surface area contributed by atoms with Crippen molar-refractivity contribution in [3.05, 3.63) is 47.7 Å². The summed E-state index contributed by atoms with van der Waals surface area (Å²) in [5.74, 6) is 0.369. The van der Waals surface area contributed by atoms with Crippen molar-refractivity contribution >= 4 is 9.84 Å². The summed E-state index contributed by atoms with van der Waals surface area (Å²) < 4.78 is 30.8. The molecule has 0 saturated carbocycles. The van der Waals surface area contributed by atoms with E-state index in [0.717, 1.165) is 5.56 Å². The van der Waals surface area contributed by atoms with Gasteiger partial charge in [0.25, 0.3) is 0 Å². The first-order valence-corrected chi connectivity index (χ1v) is 9.05. The Balaban J connectivity index is 2.25. The zero-order valence-electron chi connectivity index (χ0n) is 13.4. The molecule has 0 bridgehead atoms. The molecule has 22 heavy (non-hydrogen) atoms. The maximum Gasteiger partial charge on any atom is 0.231 e. The Kier molecular flexibility index (Phi) is 4.70. The van der Waals surface area contributed by atoms with Crippen LogP contribution in [0.25, 0.3) is 0 Å². The third kappa shape index (κ3) is 3.74. The number of aromatic nitrogens is 2. The van der Waals surface area contributed by atoms with Crippen LogP contribution in [0.1, 0.15) is 56.7 Å². The van der Waals surface area contributed by atoms with E-state index in [1.54, 1.807) is 0 Å². The summed E-state index contributed by atoms with van der Waals surface area (Å²) >= 11 is 0. The number of hydrogen-bond donors (Lipinski definition) is 0. The largest absolute Gasteiger partial charge is 0.424 e. The first kappa shape index (κ1) is 16.7. The normalized spacial score (nSPS) is 14.0. The molecule has 1 atom stereocenters. The van der Waals surface area contributed by atoms with E-state index >= 15 is 0 Å². The monoisotopic (exact) mass is 322 g/mol. The molecule has 0 aliphatic rings. The zero-order chi connectivity index (χ0) is 16.4. The lowest BCUT2D eigenvalue weighted by Crippen LogP contribution is -2.15. The van der Waals surface area contributed by atoms with E-state index in [0.29, 0.717) is 12.3 Å². The van der Waals surface area contributed by atoms with E-state index in [2.05, 4.69) is 10.2 Å². The lowest BCUT2D eigenvalue weighted by atomic mass is 9.97. The van der Waals surface area contributed by atoms with Gasteiger partial charge in [-0.1, -0.05) is 58.0 Å². The van der Waals surface area contributed by atoms with Crippen LogP contribution < -0.4 is 0 Å². The molecule has 1 aromatic heterocycles. The molecule has 1 aromatic carbocycles. The van der Waals surface area contributed by atoms with E-state index in [-0.39, 0.29) is 17.1 Å². The SMILES string of the molecule is CC[C@@H](c1ccccc1)S(=O)(=O)Cc1nnc(C(C)(C)C)o1. The Labute approximate surface area is 131 Å². The summed E-state index contributed by atoms with van der Waals surface area (Å²) in [6.45, 7) is 7.69. The zero-order valence-corrected chi connectivity index (χ0v) is 14.2. The van der Waals surface area contributed by atoms with Crippen molar-refractivity contribution in [1.82, 2.24) is 10.2 Å². The van der Waals surface area contributed by atoms with Gasteiger partial charge in [0.1, 0.15) is 5.75 Å². The highest BCUT2D eigenvalue weighted by atomic mass is 32.2. The predicted octanol–water partition coefficient (Wildman–Crippen LogP) is 3.43. The second-order valence-electron chi connectivity index (χ2n) is 6.37. The molecule has 1 heterocycles. The van der Waals surface area contributed by atoms with Crippen LogP contribution in [0.2, 0.25) is 0 Å². The summed E-state index contributed by atoms with van der Waals surface area (Å²) in [4.78, 5) is 0. The van der Waals surface area contributed by atoms with Gasteiger partial charge in [0, 0.05) is 5.41 Å². The van der Waals surface area contributed by atoms with Crippen molar-refractivity contribution in [1.29, 1.82) is 0 Å². The first-order chi connectivity index (χ1) is 10.2. The van der Waals surface area contributed by atoms with Crippen LogP contribution in [-0.2, 0) is 21.0 Å². The molecule has 0 fully saturated rings. The van der Waals surface area contributed by atoms with Gasteiger partial charge in [-0.3, -0.25) is 0 Å². The summed E-state index contributed by atoms with van der Waals surface area (Å²) in [7, 11) is -3.41. The first-order valence-electron chi connectivity index (χ1n) is 7.33. The Morgan fingerprint density at radius 3 is 2.27 bits per heavy atom. The molecule has 5 nitrogen and oxygen atoms in total. The van der Waals surface area contributed by atoms with Crippen LogP contribution in [-0.4, -0.2) is 18.6 Å². The van der Waals surface area contributed by atoms with Crippen molar-refractivity contribution in [2.75, 3.05) is 0 Å². The molecule has 120 valence electrons. The van der Waals surface area contributed by atoms with Gasteiger partial charge < -0.3 is 4.42 Å². The molecular weight excluding hydrogens is 300 g/mol. The van der Waals surface area contributed by atoms with Crippen molar-refractivity contribution in [2.45, 2.75) is 50.5 Å². The molecule has 2 aromatic rings. The fourth-order valence-electron chi connectivity index (χ4n) is 2.25. The van der Waals surface area contributed by atoms with Crippen LogP contribution >= 0.6 is 0 Å². The van der Waals surface area contributed by atoms with Gasteiger partial charge >= 0.3 is 0 Å². The third-order valence-corrected chi connectivity index (χ3v) is 5.53. The highest BCUT2D eigenvalue weighted by Crippen LogP contribution is 2.29. The Hall–Kier alpha value is -1.69. The van der Waals surface area contributed by atoms with Gasteiger partial charge in [0.05, 0.1) is 5.25 Å². The fraction of sp³-hybridized carbons (Fsp3) is 0.500. The highest BCUT2D eigenvalue weighted by Gasteiger charge is 2.29. The highest BCUT2D eigenvalue weighted by molar-refractivity contribution is 7.90. The molecule has 0 aliphatic carbocycles. The van der Waals surface area contributed by atoms with Crippen LogP contribution in [0.4, 0.5) is 0 Å². The minimum Gasteiger partial charge on any atom is -0.424 e. The smallest absolute Gasteiger partial charge is 0.231 e. The lowest BCUT2D eigenvalue weighted by Gasteiger charge is -2.15. The summed E-state index contributed by atoms with van der Waals surface area (Å²) in [5, 5.41) is 7.27. The van der Waals surface area contributed by atoms with Gasteiger partial charge in [0.15, 0.2) is 9.84 Å². The number of hydrogen-bond acceptors (Lipinski definition) is 5. The summed E-state index contributed by atoms with van der Waals surface area (Å²) in [5.41, 5.74) is 0.499. The van der Waals surface area contributed by atoms with Gasteiger partial charge in [0.2, 0.25) is 11.8 Å². The molecular formula is C16H22N2O3S. The quantitative estimate of drug-likeness (QED) is 0.843. The summed E-state index contributed by atoms with van der Waals surface area (Å²) in [6.07, 6.45) is 0.507. The Morgan fingerprint density at radius 2 is 1.77 bits per heavy atom. The number of nitrogens with zero attached hydrogens (tertiary/aromatic N) is 2. The van der Waals surface area contributed by atoms with Crippen molar-refractivity contribution in [3.8, 4) is 0 Å². The van der Waals surface area contributed by atoms with Crippen molar-refractivity contribution in [2.24, 2.45) is 0 Å². The maximum absolute atomic E-state index is 12.7. The lowest BCUT2D eigenvalue weighted by molar-refractivity contribution is 0.377. The molecule has 2 rings (SSSR count). The van der Waals surface area contributed by atoms with E-state index in [1.807, 2.05) is 58.0 Å². The second-order valence-corrected chi connectivity index (χ2v) is 8.55. The number of sulfone groups is 1. The molecule has 0 spiro atoms. The maximum atomic E-state index is 12.7. The van der Waals surface area contributed by atoms with E-state index in [1.165, 1.54) is 0 Å². The van der Waals surface area contributed by atoms with Crippen molar-refractivity contribution < 1.29 is 12.8 Å². The van der Waals surface area contributed by atoms with Crippen molar-refractivity contribution in [3.63, 3.8) is 0 Å². The predicted molar refractivity (Wildman–Crippen MR) is 85.1 cm³/mol. The van der Waals surface area contributed by atoms with Crippen LogP contribution in [0, 0.1) is 0 Å². The van der Waals surface area contributed by atoms with Crippen LogP contribution in [0.5, 0.6) is 0 Å². The molecule has 0 unspecified atom stereocenters. The fourth-order valence-corrected chi connectivity index (χ4v) is 3.99. The summed E-state index contributed by atoms with van der Waals surface area (Å²) in [6, 6.07) is 9.23. The third-order valence-electron chi connectivity index (χ3n) is 3.41. The molecule has 0 aliphatic heterocycles. The molecule has 0 N–H and O–H groups in total. The molecule has 0 radical (unpaired) electrons. The minimum atomic E-state index is -3.41. The van der Waals surface area contributed by atoms with E-state index < -0.39 is 15.1 Å². The van der Waals surface area contributed by atoms with Gasteiger partial charge in [-0.2, -0.15) is 0 Å². The van der Waals surface area contributed by atoms with Gasteiger partial charge in [-0.05, 0) is 12.0 Å². The Bertz CT molecular complexity index is 715. The topological polar surface area (TPSA) is 73.1 Å². The number of rotatable bonds is 5. The standard InChI is InChI=1S/C16H22N2O3S/c1-5-13(12-9-7-6-8-10-12)22(19,20)11-14-17-18-15(21-14)16(2,3)4/h6-10,13H,5,11H2,1-4H3/t13-/m0/s1. The average molecular weight is 322 g/mol. The van der Waals surface area contributed by atoms with Crippen LogP contribution in [0.15, 0.2) is 34.7 Å². The van der Waals surface area contributed by atoms with E-state index in [9.17, 15) is 8.42 Å². The molecule has 0 saturated heterocycles. The van der Waals surface area contributed by atoms with Gasteiger partial charge in [-0.15, -0.1) is 10.2 Å². The minimum absolute atomic E-state index is 0.152. The molecule has 0 amide bonds. The number of benzene rings is 1. The Morgan fingerprint density at radius 1 is 1.14 bits per heavy atom. The van der Waals surface area contributed by atoms with Crippen LogP contribution in [0.3, 0.4) is 0 Å². The second kappa shape index (κ2) is 6.20. The van der Waals surface area contributed by atoms with Gasteiger partial charge in [-0.25, -0.2) is 8.42 Å². The average Bonchev–Trinajstić information content (AvgIpc) is 2.88. The van der Waals surface area contributed by atoms with E-state index in [4.69, 9.17) is 4.42 Å².